The second-order valence-electron chi connectivity index (χ2n) is 4.59. The van der Waals surface area contributed by atoms with Gasteiger partial charge in [-0.2, -0.15) is 0 Å². The fraction of sp³-hybridized carbons (Fsp3) is 0.538. The molecule has 0 radical (unpaired) electrons. The number of nitrogens with zero attached hydrogens (tertiary/aromatic N) is 2. The van der Waals surface area contributed by atoms with E-state index in [0.717, 1.165) is 31.6 Å². The fourth-order valence-electron chi connectivity index (χ4n) is 2.16. The number of nitrogens with one attached hydrogen (secondary N) is 1. The van der Waals surface area contributed by atoms with Gasteiger partial charge in [0.2, 0.25) is 0 Å². The van der Waals surface area contributed by atoms with Crippen LogP contribution in [-0.4, -0.2) is 42.0 Å². The van der Waals surface area contributed by atoms with Crippen molar-refractivity contribution in [1.29, 1.82) is 0 Å². The van der Waals surface area contributed by atoms with Crippen LogP contribution in [0.15, 0.2) is 18.3 Å². The first-order chi connectivity index (χ1) is 8.18. The van der Waals surface area contributed by atoms with Crippen LogP contribution < -0.4 is 5.32 Å². The lowest BCUT2D eigenvalue weighted by Gasteiger charge is -2.31. The van der Waals surface area contributed by atoms with Gasteiger partial charge < -0.3 is 10.2 Å². The molecule has 1 saturated heterocycles. The van der Waals surface area contributed by atoms with Crippen LogP contribution in [0.4, 0.5) is 0 Å². The molecule has 2 heterocycles. The van der Waals surface area contributed by atoms with E-state index in [1.165, 1.54) is 0 Å². The molecule has 1 fully saturated rings. The first kappa shape index (κ1) is 18.2. The van der Waals surface area contributed by atoms with Crippen molar-refractivity contribution in [2.45, 2.75) is 25.8 Å². The minimum absolute atomic E-state index is 0. The molecule has 0 bridgehead atoms. The molecular formula is C13H21Cl2N3O. The molecule has 1 aromatic rings. The van der Waals surface area contributed by atoms with Gasteiger partial charge in [0.05, 0.1) is 5.56 Å². The Kier molecular flexibility index (Phi) is 7.99. The Morgan fingerprint density at radius 1 is 1.32 bits per heavy atom. The van der Waals surface area contributed by atoms with Crippen molar-refractivity contribution >= 4 is 30.7 Å². The molecular weight excluding hydrogens is 285 g/mol. The second-order valence-corrected chi connectivity index (χ2v) is 4.59. The minimum atomic E-state index is 0. The molecule has 0 aromatic carbocycles. The maximum Gasteiger partial charge on any atom is 0.255 e. The van der Waals surface area contributed by atoms with Crippen molar-refractivity contribution in [1.82, 2.24) is 15.2 Å². The fourth-order valence-corrected chi connectivity index (χ4v) is 2.16. The number of carbonyl (C=O) groups excluding carboxylic acids is 1. The number of hydrogen-bond donors (Lipinski definition) is 1. The molecule has 2 rings (SSSR count). The van der Waals surface area contributed by atoms with Gasteiger partial charge in [-0.15, -0.1) is 24.8 Å². The quantitative estimate of drug-likeness (QED) is 0.909. The van der Waals surface area contributed by atoms with Gasteiger partial charge >= 0.3 is 0 Å². The van der Waals surface area contributed by atoms with Crippen LogP contribution in [0.3, 0.4) is 0 Å². The topological polar surface area (TPSA) is 45.2 Å². The van der Waals surface area contributed by atoms with Crippen molar-refractivity contribution in [3.8, 4) is 0 Å². The number of amides is 1. The van der Waals surface area contributed by atoms with Gasteiger partial charge in [-0.25, -0.2) is 0 Å². The Morgan fingerprint density at radius 2 is 1.95 bits per heavy atom. The van der Waals surface area contributed by atoms with Gasteiger partial charge in [0.25, 0.3) is 5.91 Å². The van der Waals surface area contributed by atoms with Crippen molar-refractivity contribution < 1.29 is 4.79 Å². The smallest absolute Gasteiger partial charge is 0.255 e. The maximum atomic E-state index is 12.2. The molecule has 0 spiro atoms. The van der Waals surface area contributed by atoms with Gasteiger partial charge in [0, 0.05) is 25.0 Å². The molecule has 1 amide bonds. The van der Waals surface area contributed by atoms with Gasteiger partial charge in [-0.05, 0) is 45.0 Å². The molecule has 4 nitrogen and oxygen atoms in total. The first-order valence-electron chi connectivity index (χ1n) is 6.09. The summed E-state index contributed by atoms with van der Waals surface area (Å²) in [4.78, 5) is 18.2. The Labute approximate surface area is 126 Å². The Hall–Kier alpha value is -0.840. The largest absolute Gasteiger partial charge is 0.339 e. The van der Waals surface area contributed by atoms with E-state index < -0.39 is 0 Å². The van der Waals surface area contributed by atoms with E-state index in [0.29, 0.717) is 11.6 Å². The number of hydrogen-bond acceptors (Lipinski definition) is 3. The molecule has 1 N–H and O–H groups in total. The molecule has 1 aliphatic heterocycles. The summed E-state index contributed by atoms with van der Waals surface area (Å²) in [5.41, 5.74) is 1.61. The van der Waals surface area contributed by atoms with Crippen LogP contribution >= 0.6 is 24.8 Å². The Balaban J connectivity index is 0.00000162. The normalized spacial score (nSPS) is 15.1. The number of aromatic nitrogens is 1. The molecule has 0 saturated carbocycles. The maximum absolute atomic E-state index is 12.2. The number of carbonyl (C=O) groups is 1. The summed E-state index contributed by atoms with van der Waals surface area (Å²) in [6.07, 6.45) is 3.72. The van der Waals surface area contributed by atoms with Crippen LogP contribution in [0.2, 0.25) is 0 Å². The molecule has 0 atom stereocenters. The monoisotopic (exact) mass is 305 g/mol. The van der Waals surface area contributed by atoms with Crippen molar-refractivity contribution in [3.05, 3.63) is 29.6 Å². The minimum Gasteiger partial charge on any atom is -0.339 e. The molecule has 108 valence electrons. The van der Waals surface area contributed by atoms with Crippen LogP contribution in [0.5, 0.6) is 0 Å². The van der Waals surface area contributed by atoms with Crippen LogP contribution in [0.1, 0.15) is 28.9 Å². The average Bonchev–Trinajstić information content (AvgIpc) is 2.39. The van der Waals surface area contributed by atoms with E-state index in [4.69, 9.17) is 0 Å². The van der Waals surface area contributed by atoms with Crippen LogP contribution in [-0.2, 0) is 0 Å². The summed E-state index contributed by atoms with van der Waals surface area (Å²) in [7, 11) is 1.89. The standard InChI is InChI=1S/C13H19N3O.2ClH/c1-10-3-4-11(9-15-10)13(17)16(2)12-5-7-14-8-6-12;;/h3-4,9,12,14H,5-8H2,1-2H3;2*1H. The number of piperidine rings is 1. The number of halogens is 2. The van der Waals surface area contributed by atoms with E-state index in [-0.39, 0.29) is 30.7 Å². The summed E-state index contributed by atoms with van der Waals surface area (Å²) >= 11 is 0. The van der Waals surface area contributed by atoms with E-state index in [9.17, 15) is 4.79 Å². The molecule has 0 unspecified atom stereocenters. The molecule has 1 aliphatic rings. The summed E-state index contributed by atoms with van der Waals surface area (Å²) in [6, 6.07) is 4.08. The van der Waals surface area contributed by atoms with Gasteiger partial charge in [-0.1, -0.05) is 0 Å². The van der Waals surface area contributed by atoms with Crippen LogP contribution in [0, 0.1) is 6.92 Å². The molecule has 6 heteroatoms. The zero-order valence-corrected chi connectivity index (χ0v) is 12.9. The third-order valence-electron chi connectivity index (χ3n) is 3.34. The summed E-state index contributed by atoms with van der Waals surface area (Å²) in [5.74, 6) is 0.0735. The molecule has 19 heavy (non-hydrogen) atoms. The van der Waals surface area contributed by atoms with Crippen molar-refractivity contribution in [2.24, 2.45) is 0 Å². The highest BCUT2D eigenvalue weighted by Gasteiger charge is 2.22. The lowest BCUT2D eigenvalue weighted by Crippen LogP contribution is -2.43. The lowest BCUT2D eigenvalue weighted by molar-refractivity contribution is 0.0703. The third-order valence-corrected chi connectivity index (χ3v) is 3.34. The lowest BCUT2D eigenvalue weighted by atomic mass is 10.0. The number of rotatable bonds is 2. The SMILES string of the molecule is Cc1ccc(C(=O)N(C)C2CCNCC2)cn1.Cl.Cl. The first-order valence-corrected chi connectivity index (χ1v) is 6.09. The van der Waals surface area contributed by atoms with E-state index >= 15 is 0 Å². The Bertz CT molecular complexity index is 391. The summed E-state index contributed by atoms with van der Waals surface area (Å²) in [5, 5.41) is 3.31. The summed E-state index contributed by atoms with van der Waals surface area (Å²) < 4.78 is 0. The summed E-state index contributed by atoms with van der Waals surface area (Å²) in [6.45, 7) is 3.91. The number of pyridine rings is 1. The average molecular weight is 306 g/mol. The molecule has 1 aromatic heterocycles. The predicted molar refractivity (Wildman–Crippen MR) is 81.5 cm³/mol. The third kappa shape index (κ3) is 4.64. The highest BCUT2D eigenvalue weighted by Crippen LogP contribution is 2.13. The Morgan fingerprint density at radius 3 is 2.47 bits per heavy atom. The van der Waals surface area contributed by atoms with Crippen molar-refractivity contribution in [3.63, 3.8) is 0 Å². The highest BCUT2D eigenvalue weighted by molar-refractivity contribution is 5.93. The van der Waals surface area contributed by atoms with E-state index in [1.807, 2.05) is 31.0 Å². The van der Waals surface area contributed by atoms with Gasteiger partial charge in [-0.3, -0.25) is 9.78 Å². The van der Waals surface area contributed by atoms with Crippen molar-refractivity contribution in [2.75, 3.05) is 20.1 Å². The second kappa shape index (κ2) is 8.35. The molecule has 0 aliphatic carbocycles. The number of aryl methyl sites for hydroxylation is 1. The van der Waals surface area contributed by atoms with E-state index in [2.05, 4.69) is 10.3 Å². The van der Waals surface area contributed by atoms with Gasteiger partial charge in [0.1, 0.15) is 0 Å². The zero-order chi connectivity index (χ0) is 12.3. The van der Waals surface area contributed by atoms with Crippen LogP contribution in [0.25, 0.3) is 0 Å². The zero-order valence-electron chi connectivity index (χ0n) is 11.3. The van der Waals surface area contributed by atoms with Gasteiger partial charge in [0.15, 0.2) is 0 Å². The van der Waals surface area contributed by atoms with E-state index in [1.54, 1.807) is 6.20 Å². The predicted octanol–water partition coefficient (Wildman–Crippen LogP) is 2.06. The highest BCUT2D eigenvalue weighted by atomic mass is 35.5.